The number of rotatable bonds is 4. The number of hydrogen-bond acceptors (Lipinski definition) is 6. The minimum atomic E-state index is 0.197. The van der Waals surface area contributed by atoms with E-state index < -0.39 is 0 Å². The number of piperidine rings is 1. The molecule has 0 saturated carbocycles. The molecule has 0 spiro atoms. The lowest BCUT2D eigenvalue weighted by Crippen LogP contribution is -2.43. The zero-order valence-electron chi connectivity index (χ0n) is 14.3. The van der Waals surface area contributed by atoms with Gasteiger partial charge >= 0.3 is 0 Å². The van der Waals surface area contributed by atoms with Crippen LogP contribution in [0.4, 0.5) is 11.5 Å². The van der Waals surface area contributed by atoms with Crippen molar-refractivity contribution in [2.45, 2.75) is 19.8 Å². The highest BCUT2D eigenvalue weighted by Gasteiger charge is 2.30. The zero-order chi connectivity index (χ0) is 17.2. The van der Waals surface area contributed by atoms with Crippen molar-refractivity contribution in [2.75, 3.05) is 37.3 Å². The first-order valence-corrected chi connectivity index (χ1v) is 8.33. The number of nitrogens with zero attached hydrogens (tertiary/aromatic N) is 3. The predicted octanol–water partition coefficient (Wildman–Crippen LogP) is 2.26. The number of nitrogens with two attached hydrogens (primary N) is 1. The van der Waals surface area contributed by atoms with Crippen LogP contribution < -0.4 is 16.0 Å². The van der Waals surface area contributed by atoms with Gasteiger partial charge < -0.3 is 21.1 Å². The molecule has 6 nitrogen and oxygen atoms in total. The molecule has 0 bridgehead atoms. The second-order valence-corrected chi connectivity index (χ2v) is 6.85. The molecule has 1 aromatic carbocycles. The summed E-state index contributed by atoms with van der Waals surface area (Å²) in [6, 6.07) is 9.07. The molecule has 0 amide bonds. The number of hydrogen-bond donors (Lipinski definition) is 3. The van der Waals surface area contributed by atoms with E-state index in [0.717, 1.165) is 38.2 Å². The fourth-order valence-electron chi connectivity index (χ4n) is 3.36. The lowest BCUT2D eigenvalue weighted by atomic mass is 9.80. The van der Waals surface area contributed by atoms with Crippen molar-refractivity contribution in [3.05, 3.63) is 30.3 Å². The Hall–Kier alpha value is -2.34. The quantitative estimate of drug-likeness (QED) is 0.798. The van der Waals surface area contributed by atoms with E-state index in [4.69, 9.17) is 5.73 Å². The first-order valence-electron chi connectivity index (χ1n) is 8.33. The van der Waals surface area contributed by atoms with E-state index >= 15 is 0 Å². The van der Waals surface area contributed by atoms with Crippen LogP contribution in [0.2, 0.25) is 0 Å². The fraction of sp³-hybridized carbons (Fsp3) is 0.444. The Balaban J connectivity index is 1.85. The Morgan fingerprint density at radius 1 is 1.25 bits per heavy atom. The predicted molar refractivity (Wildman–Crippen MR) is 97.0 cm³/mol. The van der Waals surface area contributed by atoms with Crippen LogP contribution in [0.25, 0.3) is 11.3 Å². The monoisotopic (exact) mass is 327 g/mol. The van der Waals surface area contributed by atoms with Crippen LogP contribution in [0.3, 0.4) is 0 Å². The van der Waals surface area contributed by atoms with Gasteiger partial charge in [-0.15, -0.1) is 10.2 Å². The van der Waals surface area contributed by atoms with E-state index in [0.29, 0.717) is 22.5 Å². The van der Waals surface area contributed by atoms with Crippen LogP contribution in [-0.4, -0.2) is 42.0 Å². The molecule has 3 rings (SSSR count). The lowest BCUT2D eigenvalue weighted by Gasteiger charge is -2.40. The van der Waals surface area contributed by atoms with Crippen molar-refractivity contribution in [1.82, 2.24) is 15.5 Å². The van der Waals surface area contributed by atoms with Crippen LogP contribution in [-0.2, 0) is 0 Å². The minimum Gasteiger partial charge on any atom is -0.507 e. The summed E-state index contributed by atoms with van der Waals surface area (Å²) < 4.78 is 0. The maximum absolute atomic E-state index is 10.0. The Morgan fingerprint density at radius 2 is 1.96 bits per heavy atom. The summed E-state index contributed by atoms with van der Waals surface area (Å²) in [6.45, 7) is 5.22. The van der Waals surface area contributed by atoms with Crippen LogP contribution in [0.15, 0.2) is 30.3 Å². The summed E-state index contributed by atoms with van der Waals surface area (Å²) in [5.41, 5.74) is 8.60. The molecule has 0 radical (unpaired) electrons. The average molecular weight is 327 g/mol. The molecule has 1 aliphatic rings. The van der Waals surface area contributed by atoms with Gasteiger partial charge in [-0.2, -0.15) is 0 Å². The van der Waals surface area contributed by atoms with Crippen LogP contribution in [0, 0.1) is 5.41 Å². The highest BCUT2D eigenvalue weighted by molar-refractivity contribution is 5.74. The number of phenolic OH excluding ortho intramolecular Hbond substituents is 1. The van der Waals surface area contributed by atoms with Gasteiger partial charge in [0, 0.05) is 25.2 Å². The van der Waals surface area contributed by atoms with Crippen molar-refractivity contribution in [3.8, 4) is 17.0 Å². The van der Waals surface area contributed by atoms with Gasteiger partial charge in [0.1, 0.15) is 5.75 Å². The van der Waals surface area contributed by atoms with Gasteiger partial charge in [-0.3, -0.25) is 0 Å². The highest BCUT2D eigenvalue weighted by Crippen LogP contribution is 2.36. The topological polar surface area (TPSA) is 87.3 Å². The molecule has 0 aliphatic carbocycles. The molecule has 6 heteroatoms. The van der Waals surface area contributed by atoms with Crippen molar-refractivity contribution in [2.24, 2.45) is 5.41 Å². The number of phenols is 1. The molecular weight excluding hydrogens is 302 g/mol. The van der Waals surface area contributed by atoms with Gasteiger partial charge in [-0.1, -0.05) is 19.1 Å². The van der Waals surface area contributed by atoms with Crippen LogP contribution in [0.5, 0.6) is 5.75 Å². The number of aromatic nitrogens is 2. The summed E-state index contributed by atoms with van der Waals surface area (Å²) in [6.07, 6.45) is 2.20. The van der Waals surface area contributed by atoms with Crippen molar-refractivity contribution < 1.29 is 5.11 Å². The van der Waals surface area contributed by atoms with E-state index in [1.54, 1.807) is 12.1 Å². The standard InChI is InChI=1S/C18H25N5O/c1-18(12-20-2)7-9-23(10-8-18)15-11-14(21-22-17(15)19)13-5-3-4-6-16(13)24/h3-6,11,20,24H,7-10,12H2,1-2H3,(H2,19,22). The maximum Gasteiger partial charge on any atom is 0.169 e. The third-order valence-electron chi connectivity index (χ3n) is 4.90. The van der Waals surface area contributed by atoms with Crippen molar-refractivity contribution in [1.29, 1.82) is 0 Å². The molecule has 1 saturated heterocycles. The molecule has 0 atom stereocenters. The number of nitrogens with one attached hydrogen (secondary N) is 1. The Kier molecular flexibility index (Phi) is 4.57. The van der Waals surface area contributed by atoms with Gasteiger partial charge in [0.15, 0.2) is 5.82 Å². The summed E-state index contributed by atoms with van der Waals surface area (Å²) >= 11 is 0. The molecule has 4 N–H and O–H groups in total. The third-order valence-corrected chi connectivity index (χ3v) is 4.90. The van der Waals surface area contributed by atoms with Gasteiger partial charge in [0.2, 0.25) is 0 Å². The number of nitrogen functional groups attached to an aromatic ring is 1. The molecule has 2 heterocycles. The molecule has 1 aliphatic heterocycles. The highest BCUT2D eigenvalue weighted by atomic mass is 16.3. The number of anilines is 2. The summed E-state index contributed by atoms with van der Waals surface area (Å²) in [4.78, 5) is 2.27. The first-order chi connectivity index (χ1) is 11.5. The average Bonchev–Trinajstić information content (AvgIpc) is 2.57. The summed E-state index contributed by atoms with van der Waals surface area (Å²) in [5, 5.41) is 21.6. The number of para-hydroxylation sites is 1. The van der Waals surface area contributed by atoms with Crippen LogP contribution >= 0.6 is 0 Å². The molecule has 2 aromatic rings. The third kappa shape index (κ3) is 3.28. The van der Waals surface area contributed by atoms with Crippen molar-refractivity contribution >= 4 is 11.5 Å². The zero-order valence-corrected chi connectivity index (χ0v) is 14.3. The first kappa shape index (κ1) is 16.5. The smallest absolute Gasteiger partial charge is 0.169 e. The molecule has 1 fully saturated rings. The summed E-state index contributed by atoms with van der Waals surface area (Å²) in [7, 11) is 2.00. The fourth-order valence-corrected chi connectivity index (χ4v) is 3.36. The van der Waals surface area contributed by atoms with Gasteiger partial charge in [0.05, 0.1) is 11.4 Å². The minimum absolute atomic E-state index is 0.197. The normalized spacial score (nSPS) is 17.0. The van der Waals surface area contributed by atoms with Gasteiger partial charge in [0.25, 0.3) is 0 Å². The van der Waals surface area contributed by atoms with E-state index in [2.05, 4.69) is 27.3 Å². The second-order valence-electron chi connectivity index (χ2n) is 6.85. The Bertz CT molecular complexity index is 710. The van der Waals surface area contributed by atoms with Crippen LogP contribution in [0.1, 0.15) is 19.8 Å². The van der Waals surface area contributed by atoms with Crippen molar-refractivity contribution in [3.63, 3.8) is 0 Å². The maximum atomic E-state index is 10.0. The summed E-state index contributed by atoms with van der Waals surface area (Å²) in [5.74, 6) is 0.633. The Labute approximate surface area is 142 Å². The SMILES string of the molecule is CNCC1(C)CCN(c2cc(-c3ccccc3O)nnc2N)CC1. The largest absolute Gasteiger partial charge is 0.507 e. The van der Waals surface area contributed by atoms with E-state index in [1.165, 1.54) is 0 Å². The molecule has 128 valence electrons. The molecule has 0 unspecified atom stereocenters. The molecule has 24 heavy (non-hydrogen) atoms. The number of aromatic hydroxyl groups is 1. The second kappa shape index (κ2) is 6.65. The lowest BCUT2D eigenvalue weighted by molar-refractivity contribution is 0.243. The van der Waals surface area contributed by atoms with E-state index in [1.807, 2.05) is 25.2 Å². The number of benzene rings is 1. The van der Waals surface area contributed by atoms with E-state index in [9.17, 15) is 5.11 Å². The molecule has 1 aromatic heterocycles. The molecular formula is C18H25N5O. The van der Waals surface area contributed by atoms with Gasteiger partial charge in [-0.05, 0) is 43.5 Å². The Morgan fingerprint density at radius 3 is 2.62 bits per heavy atom. The van der Waals surface area contributed by atoms with E-state index in [-0.39, 0.29) is 5.75 Å². The van der Waals surface area contributed by atoms with Gasteiger partial charge in [-0.25, -0.2) is 0 Å².